The van der Waals surface area contributed by atoms with Crippen LogP contribution in [0.1, 0.15) is 24.0 Å². The van der Waals surface area contributed by atoms with Crippen LogP contribution in [0.3, 0.4) is 0 Å². The first kappa shape index (κ1) is 10.6. The molecule has 16 heavy (non-hydrogen) atoms. The summed E-state index contributed by atoms with van der Waals surface area (Å²) in [5.74, 6) is 0.939. The van der Waals surface area contributed by atoms with E-state index < -0.39 is 0 Å². The van der Waals surface area contributed by atoms with Crippen LogP contribution < -0.4 is 10.5 Å². The lowest BCUT2D eigenvalue weighted by Gasteiger charge is -2.20. The van der Waals surface area contributed by atoms with Gasteiger partial charge in [0.15, 0.2) is 6.79 Å². The Kier molecular flexibility index (Phi) is 2.46. The second-order valence-electron chi connectivity index (χ2n) is 4.70. The molecule has 1 aromatic carbocycles. The third-order valence-corrected chi connectivity index (χ3v) is 3.96. The van der Waals surface area contributed by atoms with Gasteiger partial charge in [0.25, 0.3) is 0 Å². The molecule has 1 aliphatic heterocycles. The summed E-state index contributed by atoms with van der Waals surface area (Å²) in [6, 6.07) is 4.17. The highest BCUT2D eigenvalue weighted by molar-refractivity contribution is 9.10. The monoisotopic (exact) mass is 283 g/mol. The summed E-state index contributed by atoms with van der Waals surface area (Å²) >= 11 is 3.59. The average molecular weight is 284 g/mol. The van der Waals surface area contributed by atoms with E-state index in [1.165, 1.54) is 5.56 Å². The van der Waals surface area contributed by atoms with Crippen molar-refractivity contribution in [2.75, 3.05) is 6.79 Å². The topological polar surface area (TPSA) is 44.5 Å². The standard InChI is InChI=1S/C12H14BrNO2/c13-10-3-9-6-15-7-16-11(9)4-8(10)5-12(14)1-2-12/h3-4H,1-2,5-7,14H2. The Labute approximate surface area is 103 Å². The van der Waals surface area contributed by atoms with E-state index in [1.807, 2.05) is 0 Å². The van der Waals surface area contributed by atoms with Crippen LogP contribution in [-0.2, 0) is 17.8 Å². The first-order valence-electron chi connectivity index (χ1n) is 5.47. The highest BCUT2D eigenvalue weighted by atomic mass is 79.9. The van der Waals surface area contributed by atoms with Gasteiger partial charge in [0.2, 0.25) is 0 Å². The third kappa shape index (κ3) is 1.97. The molecule has 2 aliphatic rings. The largest absolute Gasteiger partial charge is 0.467 e. The maximum atomic E-state index is 6.14. The van der Waals surface area contributed by atoms with Gasteiger partial charge in [-0.25, -0.2) is 0 Å². The van der Waals surface area contributed by atoms with Gasteiger partial charge in [-0.15, -0.1) is 0 Å². The Hall–Kier alpha value is -0.580. The Bertz CT molecular complexity index is 429. The molecule has 0 bridgehead atoms. The van der Waals surface area contributed by atoms with Gasteiger partial charge in [-0.2, -0.15) is 0 Å². The van der Waals surface area contributed by atoms with Crippen LogP contribution in [-0.4, -0.2) is 12.3 Å². The molecular weight excluding hydrogens is 270 g/mol. The summed E-state index contributed by atoms with van der Waals surface area (Å²) in [6.45, 7) is 0.976. The predicted octanol–water partition coefficient (Wildman–Crippen LogP) is 2.35. The van der Waals surface area contributed by atoms with E-state index in [9.17, 15) is 0 Å². The first-order chi connectivity index (χ1) is 7.66. The number of ether oxygens (including phenoxy) is 2. The van der Waals surface area contributed by atoms with E-state index >= 15 is 0 Å². The van der Waals surface area contributed by atoms with E-state index in [1.54, 1.807) is 0 Å². The summed E-state index contributed by atoms with van der Waals surface area (Å²) < 4.78 is 11.8. The van der Waals surface area contributed by atoms with E-state index in [-0.39, 0.29) is 5.54 Å². The molecule has 1 aromatic rings. The quantitative estimate of drug-likeness (QED) is 0.906. The van der Waals surface area contributed by atoms with E-state index in [0.717, 1.165) is 35.0 Å². The van der Waals surface area contributed by atoms with Gasteiger partial charge in [0, 0.05) is 15.6 Å². The molecule has 1 heterocycles. The van der Waals surface area contributed by atoms with Crippen molar-refractivity contribution in [2.24, 2.45) is 5.73 Å². The zero-order valence-electron chi connectivity index (χ0n) is 8.96. The molecule has 1 aliphatic carbocycles. The zero-order valence-corrected chi connectivity index (χ0v) is 10.5. The van der Waals surface area contributed by atoms with E-state index in [0.29, 0.717) is 13.4 Å². The Morgan fingerprint density at radius 2 is 2.19 bits per heavy atom. The van der Waals surface area contributed by atoms with Crippen LogP contribution in [0, 0.1) is 0 Å². The lowest BCUT2D eigenvalue weighted by molar-refractivity contribution is -0.0164. The fourth-order valence-corrected chi connectivity index (χ4v) is 2.52. The fourth-order valence-electron chi connectivity index (χ4n) is 1.99. The molecule has 0 unspecified atom stereocenters. The van der Waals surface area contributed by atoms with E-state index in [2.05, 4.69) is 28.1 Å². The van der Waals surface area contributed by atoms with Gasteiger partial charge in [-0.05, 0) is 37.0 Å². The number of fused-ring (bicyclic) bond motifs is 1. The van der Waals surface area contributed by atoms with Gasteiger partial charge in [-0.1, -0.05) is 15.9 Å². The zero-order chi connectivity index (χ0) is 11.2. The molecule has 0 atom stereocenters. The molecule has 0 aromatic heterocycles. The smallest absolute Gasteiger partial charge is 0.189 e. The fraction of sp³-hybridized carbons (Fsp3) is 0.500. The third-order valence-electron chi connectivity index (χ3n) is 3.22. The van der Waals surface area contributed by atoms with Crippen LogP contribution >= 0.6 is 15.9 Å². The number of nitrogens with two attached hydrogens (primary N) is 1. The summed E-state index contributed by atoms with van der Waals surface area (Å²) in [5, 5.41) is 0. The summed E-state index contributed by atoms with van der Waals surface area (Å²) in [7, 11) is 0. The van der Waals surface area contributed by atoms with Crippen molar-refractivity contribution in [1.82, 2.24) is 0 Å². The number of hydrogen-bond donors (Lipinski definition) is 1. The van der Waals surface area contributed by atoms with Crippen molar-refractivity contribution in [3.05, 3.63) is 27.7 Å². The molecule has 0 saturated heterocycles. The summed E-state index contributed by atoms with van der Waals surface area (Å²) in [5.41, 5.74) is 8.50. The summed E-state index contributed by atoms with van der Waals surface area (Å²) in [4.78, 5) is 0. The van der Waals surface area contributed by atoms with Crippen LogP contribution in [0.2, 0.25) is 0 Å². The normalized spacial score (nSPS) is 21.1. The number of halogens is 1. The van der Waals surface area contributed by atoms with Crippen molar-refractivity contribution in [3.8, 4) is 5.75 Å². The lowest BCUT2D eigenvalue weighted by Crippen LogP contribution is -2.25. The van der Waals surface area contributed by atoms with Crippen molar-refractivity contribution in [1.29, 1.82) is 0 Å². The van der Waals surface area contributed by atoms with Crippen LogP contribution in [0.15, 0.2) is 16.6 Å². The van der Waals surface area contributed by atoms with Gasteiger partial charge in [0.05, 0.1) is 6.61 Å². The molecule has 3 rings (SSSR count). The minimum atomic E-state index is 0.0297. The first-order valence-corrected chi connectivity index (χ1v) is 6.26. The van der Waals surface area contributed by atoms with Gasteiger partial charge in [0.1, 0.15) is 5.75 Å². The Morgan fingerprint density at radius 3 is 2.94 bits per heavy atom. The molecule has 86 valence electrons. The van der Waals surface area contributed by atoms with Crippen molar-refractivity contribution >= 4 is 15.9 Å². The van der Waals surface area contributed by atoms with Crippen LogP contribution in [0.5, 0.6) is 5.75 Å². The summed E-state index contributed by atoms with van der Waals surface area (Å²) in [6.07, 6.45) is 3.17. The maximum absolute atomic E-state index is 6.14. The molecule has 0 spiro atoms. The molecule has 0 amide bonds. The lowest BCUT2D eigenvalue weighted by atomic mass is 10.0. The second-order valence-corrected chi connectivity index (χ2v) is 5.56. The molecule has 1 fully saturated rings. The molecule has 0 radical (unpaired) electrons. The maximum Gasteiger partial charge on any atom is 0.189 e. The predicted molar refractivity (Wildman–Crippen MR) is 64.3 cm³/mol. The second kappa shape index (κ2) is 3.72. The van der Waals surface area contributed by atoms with Gasteiger partial charge >= 0.3 is 0 Å². The van der Waals surface area contributed by atoms with Crippen LogP contribution in [0.25, 0.3) is 0 Å². The Morgan fingerprint density at radius 1 is 1.38 bits per heavy atom. The highest BCUT2D eigenvalue weighted by Crippen LogP contribution is 2.39. The van der Waals surface area contributed by atoms with Crippen molar-refractivity contribution < 1.29 is 9.47 Å². The average Bonchev–Trinajstić information content (AvgIpc) is 2.97. The van der Waals surface area contributed by atoms with Crippen molar-refractivity contribution in [2.45, 2.75) is 31.4 Å². The van der Waals surface area contributed by atoms with E-state index in [4.69, 9.17) is 15.2 Å². The Balaban J connectivity index is 1.92. The SMILES string of the molecule is NC1(Cc2cc3c(cc2Br)COCO3)CC1. The molecule has 2 N–H and O–H groups in total. The number of rotatable bonds is 2. The van der Waals surface area contributed by atoms with Gasteiger partial charge < -0.3 is 15.2 Å². The minimum absolute atomic E-state index is 0.0297. The molecular formula is C12H14BrNO2. The molecule has 3 nitrogen and oxygen atoms in total. The molecule has 1 saturated carbocycles. The number of benzene rings is 1. The minimum Gasteiger partial charge on any atom is -0.467 e. The van der Waals surface area contributed by atoms with Crippen molar-refractivity contribution in [3.63, 3.8) is 0 Å². The molecule has 4 heteroatoms. The van der Waals surface area contributed by atoms with Gasteiger partial charge in [-0.3, -0.25) is 0 Å². The number of hydrogen-bond acceptors (Lipinski definition) is 3. The highest BCUT2D eigenvalue weighted by Gasteiger charge is 2.38. The van der Waals surface area contributed by atoms with Crippen LogP contribution in [0.4, 0.5) is 0 Å².